The van der Waals surface area contributed by atoms with Crippen molar-refractivity contribution in [1.82, 2.24) is 25.3 Å². The van der Waals surface area contributed by atoms with Crippen LogP contribution < -0.4 is 14.8 Å². The molecule has 0 fully saturated rings. The maximum atomic E-state index is 12.8. The molecule has 0 saturated heterocycles. The molecule has 0 saturated carbocycles. The smallest absolute Gasteiger partial charge is 0.251 e. The molecule has 1 N–H and O–H groups in total. The largest absolute Gasteiger partial charge is 0.487 e. The molecule has 4 aromatic rings. The number of carbonyl (C=O) groups excluding carboxylic acids is 1. The first-order valence-electron chi connectivity index (χ1n) is 10.7. The predicted octanol–water partition coefficient (Wildman–Crippen LogP) is 3.38. The highest BCUT2D eigenvalue weighted by atomic mass is 16.5. The topological polar surface area (TPSA) is 91.2 Å². The van der Waals surface area contributed by atoms with Crippen molar-refractivity contribution in [2.75, 3.05) is 13.7 Å². The maximum absolute atomic E-state index is 12.8. The summed E-state index contributed by atoms with van der Waals surface area (Å²) in [7, 11) is 1.56. The molecule has 8 nitrogen and oxygen atoms in total. The van der Waals surface area contributed by atoms with Crippen LogP contribution in [0.4, 0.5) is 0 Å². The first-order valence-corrected chi connectivity index (χ1v) is 10.7. The molecule has 0 bridgehead atoms. The van der Waals surface area contributed by atoms with Crippen LogP contribution in [0.5, 0.6) is 11.6 Å². The van der Waals surface area contributed by atoms with E-state index in [1.807, 2.05) is 49.5 Å². The first kappa shape index (κ1) is 20.7. The van der Waals surface area contributed by atoms with Crippen LogP contribution in [0.1, 0.15) is 21.5 Å². The number of nitrogens with zero attached hydrogens (tertiary/aromatic N) is 4. The number of hydrogen-bond donors (Lipinski definition) is 1. The fourth-order valence-corrected chi connectivity index (χ4v) is 3.99. The van der Waals surface area contributed by atoms with Crippen LogP contribution >= 0.6 is 0 Å². The van der Waals surface area contributed by atoms with Gasteiger partial charge in [0, 0.05) is 36.0 Å². The van der Waals surface area contributed by atoms with Gasteiger partial charge in [-0.15, -0.1) is 10.2 Å². The third kappa shape index (κ3) is 4.27. The number of aromatic nitrogens is 4. The van der Waals surface area contributed by atoms with Gasteiger partial charge in [-0.05, 0) is 54.4 Å². The zero-order chi connectivity index (χ0) is 22.8. The van der Waals surface area contributed by atoms with Crippen LogP contribution in [-0.4, -0.2) is 45.6 Å². The summed E-state index contributed by atoms with van der Waals surface area (Å²) in [5, 5.41) is 15.6. The van der Waals surface area contributed by atoms with Crippen molar-refractivity contribution in [3.05, 3.63) is 83.7 Å². The second-order valence-electron chi connectivity index (χ2n) is 7.92. The highest BCUT2D eigenvalue weighted by Crippen LogP contribution is 2.39. The van der Waals surface area contributed by atoms with Crippen LogP contribution in [0.2, 0.25) is 0 Å². The molecule has 1 aliphatic rings. The lowest BCUT2D eigenvalue weighted by Crippen LogP contribution is -2.34. The molecular weight excluding hydrogens is 418 g/mol. The van der Waals surface area contributed by atoms with Crippen molar-refractivity contribution < 1.29 is 14.3 Å². The molecule has 0 radical (unpaired) electrons. The summed E-state index contributed by atoms with van der Waals surface area (Å²) in [6, 6.07) is 17.0. The summed E-state index contributed by atoms with van der Waals surface area (Å²) < 4.78 is 13.1. The van der Waals surface area contributed by atoms with Gasteiger partial charge in [0.2, 0.25) is 5.88 Å². The number of ether oxygens (including phenoxy) is 2. The average Bonchev–Trinajstić information content (AvgIpc) is 3.52. The molecule has 0 spiro atoms. The van der Waals surface area contributed by atoms with E-state index in [-0.39, 0.29) is 12.0 Å². The number of hydrogen-bond acceptors (Lipinski definition) is 6. The molecule has 1 atom stereocenters. The Hall–Kier alpha value is -4.20. The van der Waals surface area contributed by atoms with Crippen molar-refractivity contribution >= 4 is 5.91 Å². The minimum Gasteiger partial charge on any atom is -0.487 e. The van der Waals surface area contributed by atoms with Crippen LogP contribution in [0.25, 0.3) is 16.9 Å². The molecule has 0 unspecified atom stereocenters. The SMILES string of the molecule is COc1ccc(-c2cc(C)cc3c2O[C@@H](CNC(=O)c2cccc(-n4cccn4)c2)C3)nn1. The van der Waals surface area contributed by atoms with Crippen LogP contribution in [0.15, 0.2) is 67.0 Å². The predicted molar refractivity (Wildman–Crippen MR) is 123 cm³/mol. The Labute approximate surface area is 191 Å². The van der Waals surface area contributed by atoms with Gasteiger partial charge in [-0.3, -0.25) is 4.79 Å². The average molecular weight is 441 g/mol. The van der Waals surface area contributed by atoms with Gasteiger partial charge in [0.05, 0.1) is 25.0 Å². The van der Waals surface area contributed by atoms with E-state index in [0.29, 0.717) is 24.4 Å². The van der Waals surface area contributed by atoms with Gasteiger partial charge >= 0.3 is 0 Å². The van der Waals surface area contributed by atoms with E-state index in [1.165, 1.54) is 0 Å². The monoisotopic (exact) mass is 441 g/mol. The summed E-state index contributed by atoms with van der Waals surface area (Å²) in [4.78, 5) is 12.8. The summed E-state index contributed by atoms with van der Waals surface area (Å²) in [6.07, 6.45) is 4.09. The van der Waals surface area contributed by atoms with E-state index in [4.69, 9.17) is 9.47 Å². The summed E-state index contributed by atoms with van der Waals surface area (Å²) in [6.45, 7) is 2.44. The summed E-state index contributed by atoms with van der Waals surface area (Å²) in [5.41, 5.74) is 5.23. The Bertz CT molecular complexity index is 1290. The molecule has 33 heavy (non-hydrogen) atoms. The lowest BCUT2D eigenvalue weighted by atomic mass is 10.0. The van der Waals surface area contributed by atoms with Gasteiger partial charge < -0.3 is 14.8 Å². The van der Waals surface area contributed by atoms with E-state index < -0.39 is 0 Å². The summed E-state index contributed by atoms with van der Waals surface area (Å²) in [5.74, 6) is 1.10. The Morgan fingerprint density at radius 2 is 2.09 bits per heavy atom. The zero-order valence-electron chi connectivity index (χ0n) is 18.4. The molecule has 8 heteroatoms. The van der Waals surface area contributed by atoms with Crippen molar-refractivity contribution in [2.45, 2.75) is 19.4 Å². The van der Waals surface area contributed by atoms with E-state index in [9.17, 15) is 4.79 Å². The van der Waals surface area contributed by atoms with Gasteiger partial charge in [-0.1, -0.05) is 12.1 Å². The molecular formula is C25H23N5O3. The van der Waals surface area contributed by atoms with E-state index in [2.05, 4.69) is 26.7 Å². The third-order valence-corrected chi connectivity index (χ3v) is 5.54. The van der Waals surface area contributed by atoms with Crippen molar-refractivity contribution in [3.8, 4) is 28.6 Å². The number of aryl methyl sites for hydroxylation is 1. The van der Waals surface area contributed by atoms with Crippen LogP contribution in [0, 0.1) is 6.92 Å². The lowest BCUT2D eigenvalue weighted by molar-refractivity contribution is 0.0933. The fraction of sp³-hybridized carbons (Fsp3) is 0.200. The molecule has 5 rings (SSSR count). The van der Waals surface area contributed by atoms with Crippen molar-refractivity contribution in [1.29, 1.82) is 0 Å². The first-order chi connectivity index (χ1) is 16.1. The van der Waals surface area contributed by atoms with Gasteiger partial charge in [0.15, 0.2) is 0 Å². The van der Waals surface area contributed by atoms with Crippen LogP contribution in [0.3, 0.4) is 0 Å². The Balaban J connectivity index is 1.29. The highest BCUT2D eigenvalue weighted by Gasteiger charge is 2.27. The highest BCUT2D eigenvalue weighted by molar-refractivity contribution is 5.94. The zero-order valence-corrected chi connectivity index (χ0v) is 18.4. The van der Waals surface area contributed by atoms with E-state index in [0.717, 1.165) is 33.8 Å². The second kappa shape index (κ2) is 8.74. The number of carbonyl (C=O) groups is 1. The molecule has 2 aromatic carbocycles. The van der Waals surface area contributed by atoms with Gasteiger partial charge in [0.1, 0.15) is 11.9 Å². The number of benzene rings is 2. The number of nitrogens with one attached hydrogen (secondary N) is 1. The van der Waals surface area contributed by atoms with Gasteiger partial charge in [-0.25, -0.2) is 4.68 Å². The molecule has 1 amide bonds. The maximum Gasteiger partial charge on any atom is 0.251 e. The molecule has 3 heterocycles. The van der Waals surface area contributed by atoms with Crippen molar-refractivity contribution in [3.63, 3.8) is 0 Å². The molecule has 166 valence electrons. The number of amides is 1. The fourth-order valence-electron chi connectivity index (χ4n) is 3.99. The Morgan fingerprint density at radius 1 is 1.18 bits per heavy atom. The van der Waals surface area contributed by atoms with Crippen molar-refractivity contribution in [2.24, 2.45) is 0 Å². The van der Waals surface area contributed by atoms with E-state index in [1.54, 1.807) is 30.1 Å². The number of rotatable bonds is 6. The molecule has 1 aliphatic heterocycles. The Kier molecular flexibility index (Phi) is 5.48. The normalized spacial score (nSPS) is 14.4. The number of fused-ring (bicyclic) bond motifs is 1. The summed E-state index contributed by atoms with van der Waals surface area (Å²) >= 11 is 0. The minimum atomic E-state index is -0.162. The minimum absolute atomic E-state index is 0.152. The van der Waals surface area contributed by atoms with Gasteiger partial charge in [-0.2, -0.15) is 5.10 Å². The molecule has 2 aromatic heterocycles. The van der Waals surface area contributed by atoms with Gasteiger partial charge in [0.25, 0.3) is 5.91 Å². The standard InChI is InChI=1S/C25H23N5O3/c1-16-11-18-14-20(33-24(18)21(12-16)22-7-8-23(32-2)29-28-22)15-26-25(31)17-5-3-6-19(13-17)30-10-4-9-27-30/h3-13,20H,14-15H2,1-2H3,(H,26,31)/t20-/m1/s1. The number of methoxy groups -OCH3 is 1. The second-order valence-corrected chi connectivity index (χ2v) is 7.92. The Morgan fingerprint density at radius 3 is 2.85 bits per heavy atom. The molecule has 0 aliphatic carbocycles. The van der Waals surface area contributed by atoms with Crippen LogP contribution in [-0.2, 0) is 6.42 Å². The quantitative estimate of drug-likeness (QED) is 0.493. The third-order valence-electron chi connectivity index (χ3n) is 5.54. The van der Waals surface area contributed by atoms with E-state index >= 15 is 0 Å². The lowest BCUT2D eigenvalue weighted by Gasteiger charge is -2.14.